The van der Waals surface area contributed by atoms with E-state index in [0.29, 0.717) is 5.41 Å². The van der Waals surface area contributed by atoms with Crippen molar-refractivity contribution < 1.29 is 1.43 Å². The van der Waals surface area contributed by atoms with Gasteiger partial charge in [-0.15, -0.1) is 0 Å². The van der Waals surface area contributed by atoms with Crippen LogP contribution in [0.3, 0.4) is 0 Å². The molecule has 0 saturated heterocycles. The largest absolute Gasteiger partial charge is 0.317 e. The third-order valence-corrected chi connectivity index (χ3v) is 4.72. The summed E-state index contributed by atoms with van der Waals surface area (Å²) >= 11 is 0. The second-order valence-corrected chi connectivity index (χ2v) is 5.35. The summed E-state index contributed by atoms with van der Waals surface area (Å²) in [5.74, 6) is 2.86. The van der Waals surface area contributed by atoms with E-state index in [1.54, 1.807) is 0 Å². The Bertz CT molecular complexity index is 191. The Morgan fingerprint density at radius 3 is 2.42 bits per heavy atom. The van der Waals surface area contributed by atoms with E-state index in [2.05, 4.69) is 33.1 Å². The van der Waals surface area contributed by atoms with Gasteiger partial charge < -0.3 is 5.32 Å². The lowest BCUT2D eigenvalue weighted by Crippen LogP contribution is -2.59. The van der Waals surface area contributed by atoms with E-state index in [4.69, 9.17) is 0 Å². The van der Waals surface area contributed by atoms with Crippen molar-refractivity contribution in [2.75, 3.05) is 7.05 Å². The van der Waals surface area contributed by atoms with E-state index >= 15 is 0 Å². The van der Waals surface area contributed by atoms with Gasteiger partial charge in [-0.25, -0.2) is 0 Å². The van der Waals surface area contributed by atoms with Gasteiger partial charge in [-0.3, -0.25) is 0 Å². The fraction of sp³-hybridized carbons (Fsp3) is 1.00. The molecule has 1 nitrogen and oxygen atoms in total. The zero-order valence-corrected chi connectivity index (χ0v) is 8.72. The minimum Gasteiger partial charge on any atom is -0.317 e. The van der Waals surface area contributed by atoms with Crippen molar-refractivity contribution in [2.24, 2.45) is 23.2 Å². The van der Waals surface area contributed by atoms with Crippen LogP contribution in [0.1, 0.15) is 35.0 Å². The average molecular weight is 169 g/mol. The highest BCUT2D eigenvalue weighted by Crippen LogP contribution is 2.61. The van der Waals surface area contributed by atoms with Gasteiger partial charge in [0, 0.05) is 7.47 Å². The van der Waals surface area contributed by atoms with Gasteiger partial charge >= 0.3 is 0 Å². The minimum absolute atomic E-state index is 0. The van der Waals surface area contributed by atoms with Crippen LogP contribution in [0.4, 0.5) is 0 Å². The number of fused-ring (bicyclic) bond motifs is 2. The van der Waals surface area contributed by atoms with Gasteiger partial charge in [0.1, 0.15) is 0 Å². The number of nitrogens with one attached hydrogen (secondary N) is 1. The first-order valence-electron chi connectivity index (χ1n) is 5.24. The highest BCUT2D eigenvalue weighted by molar-refractivity contribution is 5.06. The smallest absolute Gasteiger partial charge is 0.00953 e. The molecule has 3 saturated carbocycles. The third-order valence-electron chi connectivity index (χ3n) is 4.72. The topological polar surface area (TPSA) is 12.0 Å². The van der Waals surface area contributed by atoms with Crippen LogP contribution in [0, 0.1) is 23.2 Å². The zero-order valence-electron chi connectivity index (χ0n) is 8.72. The van der Waals surface area contributed by atoms with Gasteiger partial charge in [0.25, 0.3) is 0 Å². The van der Waals surface area contributed by atoms with Crippen LogP contribution < -0.4 is 5.32 Å². The summed E-state index contributed by atoms with van der Waals surface area (Å²) < 4.78 is 0. The molecule has 3 aliphatic carbocycles. The first kappa shape index (κ1) is 8.55. The van der Waals surface area contributed by atoms with Crippen molar-refractivity contribution in [2.45, 2.75) is 39.7 Å². The molecular weight excluding hydrogens is 146 g/mol. The molecule has 4 atom stereocenters. The molecule has 0 aromatic rings. The van der Waals surface area contributed by atoms with Crippen LogP contribution in [0.15, 0.2) is 0 Å². The highest BCUT2D eigenvalue weighted by atomic mass is 14.9. The van der Waals surface area contributed by atoms with E-state index in [1.165, 1.54) is 12.8 Å². The van der Waals surface area contributed by atoms with Crippen LogP contribution >= 0.6 is 0 Å². The van der Waals surface area contributed by atoms with E-state index in [1.807, 2.05) is 0 Å². The fourth-order valence-electron chi connectivity index (χ4n) is 3.53. The molecule has 72 valence electrons. The molecule has 0 aromatic carbocycles. The molecule has 3 unspecified atom stereocenters. The number of rotatable bonds is 1. The Kier molecular flexibility index (Phi) is 1.76. The van der Waals surface area contributed by atoms with Gasteiger partial charge in [-0.05, 0) is 43.1 Å². The normalized spacial score (nSPS) is 50.0. The molecule has 12 heavy (non-hydrogen) atoms. The molecule has 0 amide bonds. The SMILES string of the molecule is CNC1CC2CC([C@@H]1C)C2(C)C.[HH]. The first-order valence-corrected chi connectivity index (χ1v) is 5.24. The van der Waals surface area contributed by atoms with Crippen molar-refractivity contribution >= 4 is 0 Å². The van der Waals surface area contributed by atoms with Crippen LogP contribution in [-0.2, 0) is 0 Å². The lowest BCUT2D eigenvalue weighted by molar-refractivity contribution is -0.113. The van der Waals surface area contributed by atoms with Crippen LogP contribution in [0.2, 0.25) is 0 Å². The van der Waals surface area contributed by atoms with Crippen LogP contribution in [0.25, 0.3) is 0 Å². The Hall–Kier alpha value is -0.0400. The molecule has 2 bridgehead atoms. The molecule has 0 heterocycles. The standard InChI is InChI=1S/C11H21N.H2/c1-7-9-5-8(11(9,2)3)6-10(7)12-4;/h7-10,12H,5-6H2,1-4H3;1H/t7-,8?,9?,10?;/m0./s1. The highest BCUT2D eigenvalue weighted by Gasteiger charge is 2.55. The van der Waals surface area contributed by atoms with Crippen molar-refractivity contribution in [3.05, 3.63) is 0 Å². The van der Waals surface area contributed by atoms with Crippen LogP contribution in [-0.4, -0.2) is 13.1 Å². The van der Waals surface area contributed by atoms with E-state index < -0.39 is 0 Å². The lowest BCUT2D eigenvalue weighted by Gasteiger charge is -2.62. The molecule has 0 spiro atoms. The summed E-state index contributed by atoms with van der Waals surface area (Å²) in [7, 11) is 2.11. The predicted octanol–water partition coefficient (Wildman–Crippen LogP) is 2.52. The molecule has 0 aliphatic heterocycles. The number of hydrogen-bond acceptors (Lipinski definition) is 1. The molecule has 3 fully saturated rings. The van der Waals surface area contributed by atoms with Crippen molar-refractivity contribution in [3.63, 3.8) is 0 Å². The zero-order chi connectivity index (χ0) is 8.93. The Balaban J connectivity index is 0.000000845. The second-order valence-electron chi connectivity index (χ2n) is 5.35. The Labute approximate surface area is 77.4 Å². The molecule has 3 aliphatic rings. The Morgan fingerprint density at radius 2 is 2.00 bits per heavy atom. The maximum Gasteiger partial charge on any atom is 0.00953 e. The van der Waals surface area contributed by atoms with Gasteiger partial charge in [-0.1, -0.05) is 20.8 Å². The number of hydrogen-bond donors (Lipinski definition) is 1. The summed E-state index contributed by atoms with van der Waals surface area (Å²) in [6.07, 6.45) is 2.90. The van der Waals surface area contributed by atoms with Gasteiger partial charge in [0.2, 0.25) is 0 Å². The van der Waals surface area contributed by atoms with Gasteiger partial charge in [-0.2, -0.15) is 0 Å². The average Bonchev–Trinajstić information content (AvgIpc) is 2.03. The monoisotopic (exact) mass is 169 g/mol. The first-order chi connectivity index (χ1) is 5.57. The van der Waals surface area contributed by atoms with Crippen LogP contribution in [0.5, 0.6) is 0 Å². The Morgan fingerprint density at radius 1 is 1.33 bits per heavy atom. The predicted molar refractivity (Wildman–Crippen MR) is 54.1 cm³/mol. The van der Waals surface area contributed by atoms with Gasteiger partial charge in [0.05, 0.1) is 0 Å². The maximum absolute atomic E-state index is 3.45. The molecule has 1 heteroatoms. The maximum atomic E-state index is 3.45. The summed E-state index contributed by atoms with van der Waals surface area (Å²) in [6.45, 7) is 7.32. The fourth-order valence-corrected chi connectivity index (χ4v) is 3.53. The summed E-state index contributed by atoms with van der Waals surface area (Å²) in [6, 6.07) is 0.793. The second kappa shape index (κ2) is 2.47. The molecule has 0 radical (unpaired) electrons. The van der Waals surface area contributed by atoms with Crippen molar-refractivity contribution in [1.29, 1.82) is 0 Å². The third kappa shape index (κ3) is 0.891. The van der Waals surface area contributed by atoms with E-state index in [-0.39, 0.29) is 1.43 Å². The van der Waals surface area contributed by atoms with Crippen molar-refractivity contribution in [3.8, 4) is 0 Å². The van der Waals surface area contributed by atoms with E-state index in [9.17, 15) is 0 Å². The lowest BCUT2D eigenvalue weighted by atomic mass is 9.45. The van der Waals surface area contributed by atoms with Gasteiger partial charge in [0.15, 0.2) is 0 Å². The molecule has 3 rings (SSSR count). The van der Waals surface area contributed by atoms with Crippen molar-refractivity contribution in [1.82, 2.24) is 5.32 Å². The molecule has 1 N–H and O–H groups in total. The molecular formula is C11H23N. The summed E-state index contributed by atoms with van der Waals surface area (Å²) in [4.78, 5) is 0. The van der Waals surface area contributed by atoms with E-state index in [0.717, 1.165) is 23.8 Å². The summed E-state index contributed by atoms with van der Waals surface area (Å²) in [5.41, 5.74) is 0.646. The minimum atomic E-state index is 0. The quantitative estimate of drug-likeness (QED) is 0.636. The summed E-state index contributed by atoms with van der Waals surface area (Å²) in [5, 5.41) is 3.45. The molecule has 0 aromatic heterocycles.